The molecular formula is C15H16ClN3O2S. The Labute approximate surface area is 137 Å². The third-order valence-corrected chi connectivity index (χ3v) is 3.85. The van der Waals surface area contributed by atoms with Crippen LogP contribution in [0.25, 0.3) is 0 Å². The van der Waals surface area contributed by atoms with Gasteiger partial charge in [-0.2, -0.15) is 0 Å². The lowest BCUT2D eigenvalue weighted by Gasteiger charge is -2.02. The zero-order chi connectivity index (χ0) is 15.9. The summed E-state index contributed by atoms with van der Waals surface area (Å²) in [5.41, 5.74) is 1.15. The van der Waals surface area contributed by atoms with Gasteiger partial charge in [0.25, 0.3) is 5.91 Å². The molecule has 22 heavy (non-hydrogen) atoms. The van der Waals surface area contributed by atoms with Crippen LogP contribution in [-0.2, 0) is 11.2 Å². The molecule has 0 saturated carbocycles. The molecular weight excluding hydrogens is 322 g/mol. The van der Waals surface area contributed by atoms with Gasteiger partial charge in [0.1, 0.15) is 0 Å². The number of hydrogen-bond donors (Lipinski definition) is 2. The monoisotopic (exact) mass is 337 g/mol. The predicted molar refractivity (Wildman–Crippen MR) is 88.5 cm³/mol. The van der Waals surface area contributed by atoms with Crippen LogP contribution in [0.5, 0.6) is 0 Å². The van der Waals surface area contributed by atoms with Crippen molar-refractivity contribution in [2.75, 3.05) is 11.9 Å². The van der Waals surface area contributed by atoms with Crippen LogP contribution in [0.2, 0.25) is 5.02 Å². The molecule has 1 aromatic carbocycles. The summed E-state index contributed by atoms with van der Waals surface area (Å²) in [4.78, 5) is 27.9. The van der Waals surface area contributed by atoms with Crippen molar-refractivity contribution in [1.82, 2.24) is 10.3 Å². The van der Waals surface area contributed by atoms with Crippen molar-refractivity contribution in [2.24, 2.45) is 0 Å². The molecule has 1 heterocycles. The quantitative estimate of drug-likeness (QED) is 0.850. The van der Waals surface area contributed by atoms with E-state index in [4.69, 9.17) is 11.6 Å². The topological polar surface area (TPSA) is 71.1 Å². The lowest BCUT2D eigenvalue weighted by molar-refractivity contribution is -0.120. The molecule has 2 N–H and O–H groups in total. The summed E-state index contributed by atoms with van der Waals surface area (Å²) in [6.45, 7) is 2.65. The zero-order valence-electron chi connectivity index (χ0n) is 12.1. The fourth-order valence-corrected chi connectivity index (χ4v) is 2.54. The number of hydrogen-bond acceptors (Lipinski definition) is 4. The van der Waals surface area contributed by atoms with Gasteiger partial charge in [0.15, 0.2) is 5.13 Å². The number of nitrogens with zero attached hydrogens (tertiary/aromatic N) is 1. The Hall–Kier alpha value is -1.92. The maximum absolute atomic E-state index is 12.0. The van der Waals surface area contributed by atoms with E-state index in [2.05, 4.69) is 15.6 Å². The standard InChI is InChI=1S/C15H16ClN3O2S/c1-2-7-17-13(20)8-12-9-22-15(18-12)19-14(21)10-3-5-11(16)6-4-10/h3-6,9H,2,7-8H2,1H3,(H,17,20)(H,18,19,21). The average Bonchev–Trinajstić information content (AvgIpc) is 2.92. The van der Waals surface area contributed by atoms with Gasteiger partial charge in [0.05, 0.1) is 12.1 Å². The number of thiazole rings is 1. The van der Waals surface area contributed by atoms with E-state index in [9.17, 15) is 9.59 Å². The van der Waals surface area contributed by atoms with Crippen molar-refractivity contribution in [3.8, 4) is 0 Å². The van der Waals surface area contributed by atoms with Gasteiger partial charge in [-0.15, -0.1) is 11.3 Å². The Morgan fingerprint density at radius 3 is 2.68 bits per heavy atom. The summed E-state index contributed by atoms with van der Waals surface area (Å²) in [5, 5.41) is 8.31. The van der Waals surface area contributed by atoms with Crippen LogP contribution in [0.3, 0.4) is 0 Å². The van der Waals surface area contributed by atoms with Crippen molar-refractivity contribution in [2.45, 2.75) is 19.8 Å². The van der Waals surface area contributed by atoms with E-state index in [1.165, 1.54) is 11.3 Å². The number of carbonyl (C=O) groups excluding carboxylic acids is 2. The first-order valence-corrected chi connectivity index (χ1v) is 8.12. The molecule has 7 heteroatoms. The molecule has 0 aliphatic heterocycles. The minimum absolute atomic E-state index is 0.0669. The van der Waals surface area contributed by atoms with Gasteiger partial charge < -0.3 is 5.32 Å². The van der Waals surface area contributed by atoms with E-state index < -0.39 is 0 Å². The Balaban J connectivity index is 1.92. The van der Waals surface area contributed by atoms with Crippen LogP contribution in [0, 0.1) is 0 Å². The third-order valence-electron chi connectivity index (χ3n) is 2.79. The van der Waals surface area contributed by atoms with Gasteiger partial charge in [-0.3, -0.25) is 14.9 Å². The molecule has 2 rings (SSSR count). The molecule has 0 aliphatic rings. The summed E-state index contributed by atoms with van der Waals surface area (Å²) in [6.07, 6.45) is 1.11. The SMILES string of the molecule is CCCNC(=O)Cc1csc(NC(=O)c2ccc(Cl)cc2)n1. The number of carbonyl (C=O) groups is 2. The minimum atomic E-state index is -0.256. The average molecular weight is 338 g/mol. The van der Waals surface area contributed by atoms with Crippen molar-refractivity contribution in [1.29, 1.82) is 0 Å². The molecule has 2 aromatic rings. The van der Waals surface area contributed by atoms with Gasteiger partial charge in [0.2, 0.25) is 5.91 Å². The molecule has 5 nitrogen and oxygen atoms in total. The predicted octanol–water partition coefficient (Wildman–Crippen LogP) is 3.12. The van der Waals surface area contributed by atoms with Crippen LogP contribution in [0.4, 0.5) is 5.13 Å². The Morgan fingerprint density at radius 2 is 2.00 bits per heavy atom. The van der Waals surface area contributed by atoms with Crippen molar-refractivity contribution in [3.63, 3.8) is 0 Å². The molecule has 1 aromatic heterocycles. The molecule has 0 unspecified atom stereocenters. The zero-order valence-corrected chi connectivity index (χ0v) is 13.6. The summed E-state index contributed by atoms with van der Waals surface area (Å²) in [5.74, 6) is -0.323. The highest BCUT2D eigenvalue weighted by Gasteiger charge is 2.11. The Bertz CT molecular complexity index is 655. The highest BCUT2D eigenvalue weighted by molar-refractivity contribution is 7.14. The first kappa shape index (κ1) is 16.5. The second-order valence-electron chi connectivity index (χ2n) is 4.63. The molecule has 0 saturated heterocycles. The van der Waals surface area contributed by atoms with Gasteiger partial charge in [-0.1, -0.05) is 18.5 Å². The fraction of sp³-hybridized carbons (Fsp3) is 0.267. The highest BCUT2D eigenvalue weighted by atomic mass is 35.5. The van der Waals surface area contributed by atoms with Crippen LogP contribution in [0.15, 0.2) is 29.6 Å². The number of nitrogens with one attached hydrogen (secondary N) is 2. The van der Waals surface area contributed by atoms with E-state index >= 15 is 0 Å². The lowest BCUT2D eigenvalue weighted by Crippen LogP contribution is -2.25. The first-order chi connectivity index (χ1) is 10.6. The molecule has 2 amide bonds. The van der Waals surface area contributed by atoms with Gasteiger partial charge in [-0.05, 0) is 30.7 Å². The molecule has 0 atom stereocenters. The van der Waals surface area contributed by atoms with E-state index in [1.807, 2.05) is 6.92 Å². The fourth-order valence-electron chi connectivity index (χ4n) is 1.71. The summed E-state index contributed by atoms with van der Waals surface area (Å²) in [7, 11) is 0. The summed E-state index contributed by atoms with van der Waals surface area (Å²) < 4.78 is 0. The Morgan fingerprint density at radius 1 is 1.27 bits per heavy atom. The van der Waals surface area contributed by atoms with Crippen molar-refractivity contribution >= 4 is 39.9 Å². The number of anilines is 1. The van der Waals surface area contributed by atoms with E-state index in [1.54, 1.807) is 29.6 Å². The van der Waals surface area contributed by atoms with Gasteiger partial charge >= 0.3 is 0 Å². The molecule has 0 radical (unpaired) electrons. The van der Waals surface area contributed by atoms with Crippen LogP contribution < -0.4 is 10.6 Å². The number of rotatable bonds is 6. The van der Waals surface area contributed by atoms with E-state index in [-0.39, 0.29) is 18.2 Å². The Kier molecular flexibility index (Phi) is 5.91. The lowest BCUT2D eigenvalue weighted by atomic mass is 10.2. The van der Waals surface area contributed by atoms with Crippen molar-refractivity contribution < 1.29 is 9.59 Å². The second kappa shape index (κ2) is 7.91. The largest absolute Gasteiger partial charge is 0.356 e. The van der Waals surface area contributed by atoms with Gasteiger partial charge in [-0.25, -0.2) is 4.98 Å². The van der Waals surface area contributed by atoms with Gasteiger partial charge in [0, 0.05) is 22.5 Å². The maximum atomic E-state index is 12.0. The normalized spacial score (nSPS) is 10.3. The van der Waals surface area contributed by atoms with Crippen molar-refractivity contribution in [3.05, 3.63) is 45.9 Å². The molecule has 0 spiro atoms. The maximum Gasteiger partial charge on any atom is 0.257 e. The number of halogens is 1. The number of benzene rings is 1. The second-order valence-corrected chi connectivity index (χ2v) is 5.93. The minimum Gasteiger partial charge on any atom is -0.356 e. The highest BCUT2D eigenvalue weighted by Crippen LogP contribution is 2.17. The van der Waals surface area contributed by atoms with Crippen LogP contribution in [-0.4, -0.2) is 23.3 Å². The van der Waals surface area contributed by atoms with E-state index in [0.717, 1.165) is 6.42 Å². The summed E-state index contributed by atoms with van der Waals surface area (Å²) >= 11 is 7.08. The molecule has 0 aliphatic carbocycles. The number of aromatic nitrogens is 1. The third kappa shape index (κ3) is 4.82. The summed E-state index contributed by atoms with van der Waals surface area (Å²) in [6, 6.07) is 6.60. The molecule has 0 bridgehead atoms. The number of amides is 2. The van der Waals surface area contributed by atoms with Crippen LogP contribution in [0.1, 0.15) is 29.4 Å². The van der Waals surface area contributed by atoms with Crippen LogP contribution >= 0.6 is 22.9 Å². The van der Waals surface area contributed by atoms with E-state index in [0.29, 0.717) is 28.0 Å². The first-order valence-electron chi connectivity index (χ1n) is 6.86. The molecule has 0 fully saturated rings. The molecule has 116 valence electrons. The smallest absolute Gasteiger partial charge is 0.257 e.